The monoisotopic (exact) mass is 349 g/mol. The second-order valence-electron chi connectivity index (χ2n) is 5.04. The molecule has 0 fully saturated rings. The lowest BCUT2D eigenvalue weighted by atomic mass is 10.0. The van der Waals surface area contributed by atoms with E-state index in [1.54, 1.807) is 32.0 Å². The number of ether oxygens (including phenoxy) is 1. The van der Waals surface area contributed by atoms with Crippen molar-refractivity contribution in [2.45, 2.75) is 39.3 Å². The average molecular weight is 349 g/mol. The van der Waals surface area contributed by atoms with Gasteiger partial charge >= 0.3 is 6.61 Å². The third kappa shape index (κ3) is 6.52. The number of carbonyl (C=O) groups excluding carboxylic acids is 1. The highest BCUT2D eigenvalue weighted by atomic mass is 32.2. The molecule has 0 aliphatic carbocycles. The summed E-state index contributed by atoms with van der Waals surface area (Å²) in [6.07, 6.45) is 0.834. The van der Waals surface area contributed by atoms with Gasteiger partial charge in [0.25, 0.3) is 0 Å². The van der Waals surface area contributed by atoms with Crippen LogP contribution in [0.3, 0.4) is 0 Å². The Balaban J connectivity index is 2.87. The number of rotatable bonds is 9. The Morgan fingerprint density at radius 3 is 2.48 bits per heavy atom. The van der Waals surface area contributed by atoms with Crippen LogP contribution in [0.25, 0.3) is 0 Å². The molecule has 0 aliphatic rings. The van der Waals surface area contributed by atoms with E-state index in [0.717, 1.165) is 0 Å². The van der Waals surface area contributed by atoms with E-state index in [9.17, 15) is 22.0 Å². The molecule has 1 atom stereocenters. The van der Waals surface area contributed by atoms with Crippen molar-refractivity contribution in [2.75, 3.05) is 11.5 Å². The van der Waals surface area contributed by atoms with Crippen LogP contribution < -0.4 is 10.1 Å². The van der Waals surface area contributed by atoms with Gasteiger partial charge in [0.1, 0.15) is 11.5 Å². The highest BCUT2D eigenvalue weighted by molar-refractivity contribution is 7.92. The first-order valence-corrected chi connectivity index (χ1v) is 9.14. The zero-order chi connectivity index (χ0) is 17.5. The summed E-state index contributed by atoms with van der Waals surface area (Å²) >= 11 is 0. The molecule has 0 spiro atoms. The molecule has 1 aromatic rings. The summed E-state index contributed by atoms with van der Waals surface area (Å²) in [4.78, 5) is 11.9. The minimum Gasteiger partial charge on any atom is -0.434 e. The fraction of sp³-hybridized carbons (Fsp3) is 0.533. The number of hydrogen-bond acceptors (Lipinski definition) is 4. The van der Waals surface area contributed by atoms with E-state index >= 15 is 0 Å². The largest absolute Gasteiger partial charge is 0.434 e. The van der Waals surface area contributed by atoms with Crippen molar-refractivity contribution in [1.82, 2.24) is 5.32 Å². The van der Waals surface area contributed by atoms with Gasteiger partial charge in [0.15, 0.2) is 9.84 Å². The first kappa shape index (κ1) is 19.3. The van der Waals surface area contributed by atoms with Crippen LogP contribution in [-0.4, -0.2) is 32.4 Å². The molecule has 23 heavy (non-hydrogen) atoms. The smallest absolute Gasteiger partial charge is 0.387 e. The lowest BCUT2D eigenvalue weighted by Gasteiger charge is -2.20. The summed E-state index contributed by atoms with van der Waals surface area (Å²) in [5, 5.41) is 2.57. The van der Waals surface area contributed by atoms with Crippen LogP contribution in [0.2, 0.25) is 0 Å². The van der Waals surface area contributed by atoms with Gasteiger partial charge in [-0.3, -0.25) is 4.79 Å². The number of amides is 1. The lowest BCUT2D eigenvalue weighted by molar-refractivity contribution is -0.119. The molecule has 1 N–H and O–H groups in total. The number of halogens is 2. The summed E-state index contributed by atoms with van der Waals surface area (Å²) in [5.74, 6) is -1.37. The fourth-order valence-corrected chi connectivity index (χ4v) is 3.44. The van der Waals surface area contributed by atoms with Gasteiger partial charge < -0.3 is 10.1 Å². The molecule has 1 rings (SSSR count). The number of alkyl halides is 2. The van der Waals surface area contributed by atoms with Crippen LogP contribution in [0.1, 0.15) is 38.3 Å². The van der Waals surface area contributed by atoms with E-state index in [-0.39, 0.29) is 11.5 Å². The van der Waals surface area contributed by atoms with Gasteiger partial charge in [0.2, 0.25) is 5.91 Å². The molecule has 1 aromatic carbocycles. The predicted molar refractivity (Wildman–Crippen MR) is 83.2 cm³/mol. The SMILES string of the molecule is CCCS(=O)(=O)CC(=O)NC(CC)c1ccccc1OC(F)F. The zero-order valence-corrected chi connectivity index (χ0v) is 13.9. The normalized spacial score (nSPS) is 12.9. The standard InChI is InChI=1S/C15H21F2NO4S/c1-3-9-23(20,21)10-14(19)18-12(4-2)11-7-5-6-8-13(11)22-15(16)17/h5-8,12,15H,3-4,9-10H2,1-2H3,(H,18,19). The van der Waals surface area contributed by atoms with Gasteiger partial charge in [-0.25, -0.2) is 8.42 Å². The number of carbonyl (C=O) groups is 1. The molecule has 130 valence electrons. The summed E-state index contributed by atoms with van der Waals surface area (Å²) in [5.41, 5.74) is 0.386. The van der Waals surface area contributed by atoms with Gasteiger partial charge in [0.05, 0.1) is 11.8 Å². The maximum atomic E-state index is 12.4. The van der Waals surface area contributed by atoms with E-state index in [1.807, 2.05) is 0 Å². The van der Waals surface area contributed by atoms with Crippen molar-refractivity contribution < 1.29 is 26.7 Å². The Kier molecular flexibility index (Phi) is 7.41. The van der Waals surface area contributed by atoms with E-state index in [2.05, 4.69) is 10.1 Å². The second kappa shape index (κ2) is 8.81. The quantitative estimate of drug-likeness (QED) is 0.744. The van der Waals surface area contributed by atoms with E-state index < -0.39 is 34.2 Å². The summed E-state index contributed by atoms with van der Waals surface area (Å²) < 4.78 is 52.7. The molecule has 0 radical (unpaired) electrons. The van der Waals surface area contributed by atoms with Crippen LogP contribution in [0.4, 0.5) is 8.78 Å². The van der Waals surface area contributed by atoms with Crippen molar-refractivity contribution in [3.8, 4) is 5.75 Å². The molecular weight excluding hydrogens is 328 g/mol. The third-order valence-corrected chi connectivity index (χ3v) is 4.85. The first-order chi connectivity index (χ1) is 10.8. The number of nitrogens with one attached hydrogen (secondary N) is 1. The molecule has 0 heterocycles. The maximum absolute atomic E-state index is 12.4. The van der Waals surface area contributed by atoms with E-state index in [4.69, 9.17) is 0 Å². The number of sulfone groups is 1. The molecule has 0 saturated carbocycles. The summed E-state index contributed by atoms with van der Waals surface area (Å²) in [7, 11) is -3.46. The lowest BCUT2D eigenvalue weighted by Crippen LogP contribution is -2.34. The van der Waals surface area contributed by atoms with Crippen molar-refractivity contribution >= 4 is 15.7 Å². The highest BCUT2D eigenvalue weighted by Crippen LogP contribution is 2.28. The van der Waals surface area contributed by atoms with Crippen molar-refractivity contribution in [3.63, 3.8) is 0 Å². The van der Waals surface area contributed by atoms with Gasteiger partial charge in [-0.2, -0.15) is 8.78 Å². The Morgan fingerprint density at radius 2 is 1.91 bits per heavy atom. The molecule has 1 unspecified atom stereocenters. The van der Waals surface area contributed by atoms with Crippen molar-refractivity contribution in [1.29, 1.82) is 0 Å². The van der Waals surface area contributed by atoms with Crippen LogP contribution in [-0.2, 0) is 14.6 Å². The van der Waals surface area contributed by atoms with Gasteiger partial charge in [-0.05, 0) is 18.9 Å². The Labute approximate surface area is 134 Å². The zero-order valence-electron chi connectivity index (χ0n) is 13.1. The van der Waals surface area contributed by atoms with Crippen molar-refractivity contribution in [3.05, 3.63) is 29.8 Å². The average Bonchev–Trinajstić information content (AvgIpc) is 2.44. The summed E-state index contributed by atoms with van der Waals surface area (Å²) in [6, 6.07) is 5.52. The number of para-hydroxylation sites is 1. The van der Waals surface area contributed by atoms with E-state index in [1.165, 1.54) is 6.07 Å². The molecule has 0 aliphatic heterocycles. The Hall–Kier alpha value is -1.70. The first-order valence-electron chi connectivity index (χ1n) is 7.32. The van der Waals surface area contributed by atoms with Crippen LogP contribution in [0, 0.1) is 0 Å². The Morgan fingerprint density at radius 1 is 1.26 bits per heavy atom. The Bertz CT molecular complexity index is 620. The fourth-order valence-electron chi connectivity index (χ4n) is 2.19. The summed E-state index contributed by atoms with van der Waals surface area (Å²) in [6.45, 7) is 0.488. The maximum Gasteiger partial charge on any atom is 0.387 e. The number of benzene rings is 1. The molecule has 0 saturated heterocycles. The molecule has 8 heteroatoms. The molecule has 0 bridgehead atoms. The molecular formula is C15H21F2NO4S. The minimum atomic E-state index is -3.46. The van der Waals surface area contributed by atoms with Crippen molar-refractivity contribution in [2.24, 2.45) is 0 Å². The second-order valence-corrected chi connectivity index (χ2v) is 7.22. The topological polar surface area (TPSA) is 72.5 Å². The van der Waals surface area contributed by atoms with Crippen LogP contribution in [0.5, 0.6) is 5.75 Å². The molecule has 1 amide bonds. The predicted octanol–water partition coefficient (Wildman–Crippen LogP) is 2.68. The van der Waals surface area contributed by atoms with Crippen LogP contribution in [0.15, 0.2) is 24.3 Å². The minimum absolute atomic E-state index is 0.0361. The van der Waals surface area contributed by atoms with Gasteiger partial charge in [-0.15, -0.1) is 0 Å². The van der Waals surface area contributed by atoms with Gasteiger partial charge in [-0.1, -0.05) is 32.0 Å². The van der Waals surface area contributed by atoms with Gasteiger partial charge in [0, 0.05) is 5.56 Å². The molecule has 0 aromatic heterocycles. The van der Waals surface area contributed by atoms with E-state index in [0.29, 0.717) is 18.4 Å². The molecule has 5 nitrogen and oxygen atoms in total. The van der Waals surface area contributed by atoms with Crippen LogP contribution >= 0.6 is 0 Å². The highest BCUT2D eigenvalue weighted by Gasteiger charge is 2.21. The third-order valence-electron chi connectivity index (χ3n) is 3.12. The number of hydrogen-bond donors (Lipinski definition) is 1.